The Labute approximate surface area is 190 Å². The van der Waals surface area contributed by atoms with E-state index in [9.17, 15) is 41.4 Å². The number of hydrogen-bond acceptors (Lipinski definition) is 4. The molecule has 0 radical (unpaired) electrons. The molecule has 0 fully saturated rings. The van der Waals surface area contributed by atoms with E-state index in [1.165, 1.54) is 33.3 Å². The van der Waals surface area contributed by atoms with E-state index in [1.54, 1.807) is 0 Å². The highest BCUT2D eigenvalue weighted by molar-refractivity contribution is 5.89. The van der Waals surface area contributed by atoms with Crippen LogP contribution in [-0.2, 0) is 12.4 Å². The van der Waals surface area contributed by atoms with E-state index in [0.717, 1.165) is 4.90 Å². The highest BCUT2D eigenvalue weighted by Gasteiger charge is 2.41. The number of aliphatic hydroxyl groups excluding tert-OH is 1. The molecule has 0 saturated heterocycles. The molecule has 34 heavy (non-hydrogen) atoms. The van der Waals surface area contributed by atoms with Crippen molar-refractivity contribution in [3.8, 4) is 11.5 Å². The van der Waals surface area contributed by atoms with Crippen molar-refractivity contribution in [1.29, 1.82) is 0 Å². The molecule has 1 heterocycles. The molecule has 0 aliphatic carbocycles. The molecule has 2 aromatic carbocycles. The summed E-state index contributed by atoms with van der Waals surface area (Å²) in [6, 6.07) is 2.86. The SMILES string of the molecule is COc1cc2c(cc1OC)N(C(=O)O)C(C)CC2C(O)c1cc(C(F)(F)F)cc(C(F)(F)F)c1. The first-order valence-corrected chi connectivity index (χ1v) is 9.94. The van der Waals surface area contributed by atoms with Crippen LogP contribution in [-0.4, -0.2) is 36.6 Å². The first kappa shape index (κ1) is 25.5. The van der Waals surface area contributed by atoms with Crippen LogP contribution in [0.3, 0.4) is 0 Å². The van der Waals surface area contributed by atoms with Gasteiger partial charge in [-0.05, 0) is 48.7 Å². The summed E-state index contributed by atoms with van der Waals surface area (Å²) in [6.45, 7) is 1.51. The van der Waals surface area contributed by atoms with Crippen molar-refractivity contribution < 1.29 is 50.8 Å². The third kappa shape index (κ3) is 4.72. The fourth-order valence-corrected chi connectivity index (χ4v) is 4.20. The molecule has 1 aliphatic heterocycles. The summed E-state index contributed by atoms with van der Waals surface area (Å²) in [5.41, 5.74) is -3.45. The van der Waals surface area contributed by atoms with Crippen molar-refractivity contribution in [2.45, 2.75) is 43.8 Å². The molecule has 0 saturated carbocycles. The molecule has 3 unspecified atom stereocenters. The van der Waals surface area contributed by atoms with E-state index in [0.29, 0.717) is 12.1 Å². The molecule has 1 aliphatic rings. The summed E-state index contributed by atoms with van der Waals surface area (Å²) in [7, 11) is 2.62. The fraction of sp³-hybridized carbons (Fsp3) is 0.409. The largest absolute Gasteiger partial charge is 0.493 e. The lowest BCUT2D eigenvalue weighted by molar-refractivity contribution is -0.143. The smallest absolute Gasteiger partial charge is 0.416 e. The zero-order chi connectivity index (χ0) is 25.6. The van der Waals surface area contributed by atoms with Crippen LogP contribution < -0.4 is 14.4 Å². The number of carbonyl (C=O) groups is 1. The molecule has 2 N–H and O–H groups in total. The maximum Gasteiger partial charge on any atom is 0.416 e. The third-order valence-electron chi connectivity index (χ3n) is 5.77. The molecule has 3 atom stereocenters. The Hall–Kier alpha value is -3.15. The molecule has 12 heteroatoms. The van der Waals surface area contributed by atoms with E-state index >= 15 is 0 Å². The van der Waals surface area contributed by atoms with Gasteiger partial charge in [-0.1, -0.05) is 0 Å². The van der Waals surface area contributed by atoms with Gasteiger partial charge in [0.15, 0.2) is 11.5 Å². The molecule has 0 aromatic heterocycles. The van der Waals surface area contributed by atoms with E-state index in [1.807, 2.05) is 0 Å². The van der Waals surface area contributed by atoms with Crippen LogP contribution in [0, 0.1) is 0 Å². The molecular formula is C22H21F6NO5. The molecular weight excluding hydrogens is 472 g/mol. The van der Waals surface area contributed by atoms with Gasteiger partial charge in [-0.2, -0.15) is 26.3 Å². The van der Waals surface area contributed by atoms with Crippen molar-refractivity contribution >= 4 is 11.8 Å². The van der Waals surface area contributed by atoms with E-state index in [2.05, 4.69) is 0 Å². The van der Waals surface area contributed by atoms with Gasteiger partial charge in [0.25, 0.3) is 0 Å². The first-order valence-electron chi connectivity index (χ1n) is 9.94. The van der Waals surface area contributed by atoms with Crippen molar-refractivity contribution in [2.24, 2.45) is 0 Å². The summed E-state index contributed by atoms with van der Waals surface area (Å²) < 4.78 is 90.3. The highest BCUT2D eigenvalue weighted by atomic mass is 19.4. The van der Waals surface area contributed by atoms with Crippen LogP contribution in [0.4, 0.5) is 36.8 Å². The summed E-state index contributed by atoms with van der Waals surface area (Å²) in [5, 5.41) is 20.7. The maximum absolute atomic E-state index is 13.3. The molecule has 0 spiro atoms. The van der Waals surface area contributed by atoms with Crippen LogP contribution in [0.1, 0.15) is 47.6 Å². The number of methoxy groups -OCH3 is 2. The normalized spacial score (nSPS) is 19.4. The third-order valence-corrected chi connectivity index (χ3v) is 5.77. The zero-order valence-corrected chi connectivity index (χ0v) is 18.2. The van der Waals surface area contributed by atoms with Gasteiger partial charge in [0.05, 0.1) is 37.1 Å². The number of nitrogens with zero attached hydrogens (tertiary/aromatic N) is 1. The Morgan fingerprint density at radius 3 is 1.91 bits per heavy atom. The van der Waals surface area contributed by atoms with Crippen molar-refractivity contribution in [2.75, 3.05) is 19.1 Å². The number of benzene rings is 2. The topological polar surface area (TPSA) is 79.2 Å². The number of carboxylic acid groups (broad SMARTS) is 1. The van der Waals surface area contributed by atoms with Gasteiger partial charge in [-0.3, -0.25) is 4.90 Å². The van der Waals surface area contributed by atoms with Crippen molar-refractivity contribution in [3.05, 3.63) is 52.6 Å². The number of anilines is 1. The number of fused-ring (bicyclic) bond motifs is 1. The second-order valence-corrected chi connectivity index (χ2v) is 7.89. The molecule has 1 amide bonds. The number of aliphatic hydroxyl groups is 1. The van der Waals surface area contributed by atoms with Crippen LogP contribution in [0.2, 0.25) is 0 Å². The minimum Gasteiger partial charge on any atom is -0.493 e. The molecule has 2 aromatic rings. The van der Waals surface area contributed by atoms with Gasteiger partial charge in [0.1, 0.15) is 0 Å². The Bertz CT molecular complexity index is 1050. The van der Waals surface area contributed by atoms with Gasteiger partial charge in [0, 0.05) is 18.0 Å². The summed E-state index contributed by atoms with van der Waals surface area (Å²) in [4.78, 5) is 12.9. The number of alkyl halides is 6. The van der Waals surface area contributed by atoms with E-state index in [-0.39, 0.29) is 35.2 Å². The van der Waals surface area contributed by atoms with Crippen LogP contribution >= 0.6 is 0 Å². The van der Waals surface area contributed by atoms with E-state index < -0.39 is 53.2 Å². The van der Waals surface area contributed by atoms with Crippen LogP contribution in [0.15, 0.2) is 30.3 Å². The quantitative estimate of drug-likeness (QED) is 0.524. The predicted octanol–water partition coefficient (Wildman–Crippen LogP) is 5.84. The summed E-state index contributed by atoms with van der Waals surface area (Å²) in [5.74, 6) is -0.725. The van der Waals surface area contributed by atoms with Gasteiger partial charge in [-0.25, -0.2) is 4.79 Å². The minimum absolute atomic E-state index is 0.0201. The average molecular weight is 493 g/mol. The number of halogens is 6. The van der Waals surface area contributed by atoms with Crippen LogP contribution in [0.5, 0.6) is 11.5 Å². The second kappa shape index (κ2) is 8.90. The predicted molar refractivity (Wildman–Crippen MR) is 108 cm³/mol. The summed E-state index contributed by atoms with van der Waals surface area (Å²) in [6.07, 6.45) is -13.4. The van der Waals surface area contributed by atoms with E-state index in [4.69, 9.17) is 9.47 Å². The fourth-order valence-electron chi connectivity index (χ4n) is 4.20. The highest BCUT2D eigenvalue weighted by Crippen LogP contribution is 2.49. The molecule has 186 valence electrons. The lowest BCUT2D eigenvalue weighted by Gasteiger charge is -2.40. The molecule has 6 nitrogen and oxygen atoms in total. The Kier molecular flexibility index (Phi) is 6.66. The van der Waals surface area contributed by atoms with Gasteiger partial charge in [-0.15, -0.1) is 0 Å². The average Bonchev–Trinajstić information content (AvgIpc) is 2.75. The zero-order valence-electron chi connectivity index (χ0n) is 18.2. The minimum atomic E-state index is -5.08. The van der Waals surface area contributed by atoms with Crippen molar-refractivity contribution in [1.82, 2.24) is 0 Å². The Morgan fingerprint density at radius 2 is 1.47 bits per heavy atom. The maximum atomic E-state index is 13.3. The number of rotatable bonds is 4. The Morgan fingerprint density at radius 1 is 0.971 bits per heavy atom. The first-order chi connectivity index (χ1) is 15.7. The molecule has 0 bridgehead atoms. The van der Waals surface area contributed by atoms with Crippen molar-refractivity contribution in [3.63, 3.8) is 0 Å². The number of ether oxygens (including phenoxy) is 2. The van der Waals surface area contributed by atoms with Gasteiger partial charge in [0.2, 0.25) is 0 Å². The lowest BCUT2D eigenvalue weighted by atomic mass is 9.79. The number of hydrogen-bond donors (Lipinski definition) is 2. The lowest BCUT2D eigenvalue weighted by Crippen LogP contribution is -2.43. The van der Waals surface area contributed by atoms with Gasteiger partial charge < -0.3 is 19.7 Å². The summed E-state index contributed by atoms with van der Waals surface area (Å²) >= 11 is 0. The second-order valence-electron chi connectivity index (χ2n) is 7.89. The van der Waals surface area contributed by atoms with Gasteiger partial charge >= 0.3 is 18.4 Å². The standard InChI is InChI=1S/C22H21F6NO5/c1-10-4-15(14-8-17(33-2)18(34-3)9-16(14)29(10)20(31)32)19(30)11-5-12(21(23,24)25)7-13(6-11)22(26,27)28/h5-10,15,19,30H,4H2,1-3H3,(H,31,32). The monoisotopic (exact) mass is 493 g/mol. The Balaban J connectivity index is 2.20. The van der Waals surface area contributed by atoms with Crippen LogP contribution in [0.25, 0.3) is 0 Å². The molecule has 3 rings (SSSR count). The number of amides is 1.